The summed E-state index contributed by atoms with van der Waals surface area (Å²) in [6.45, 7) is -0.218. The largest absolute Gasteiger partial charge is 0.387 e. The highest BCUT2D eigenvalue weighted by molar-refractivity contribution is 4.90. The van der Waals surface area contributed by atoms with Crippen LogP contribution in [0.1, 0.15) is 0 Å². The highest BCUT2D eigenvalue weighted by atomic mass is 19.1. The predicted molar refractivity (Wildman–Crippen MR) is 46.6 cm³/mol. The van der Waals surface area contributed by atoms with Gasteiger partial charge in [-0.15, -0.1) is 0 Å². The Balaban J connectivity index is 2.69. The fourth-order valence-electron chi connectivity index (χ4n) is 1.35. The second-order valence-electron chi connectivity index (χ2n) is 3.12. The molecule has 15 heavy (non-hydrogen) atoms. The van der Waals surface area contributed by atoms with Gasteiger partial charge in [-0.3, -0.25) is 0 Å². The number of aliphatic hydroxyl groups excluding tert-OH is 2. The summed E-state index contributed by atoms with van der Waals surface area (Å²) in [5.74, 6) is 0. The molecule has 86 valence electrons. The van der Waals surface area contributed by atoms with Crippen LogP contribution in [0.25, 0.3) is 10.4 Å². The minimum absolute atomic E-state index is 0.218. The maximum absolute atomic E-state index is 13.3. The fraction of sp³-hybridized carbons (Fsp3) is 1.00. The number of alkyl halides is 1. The molecule has 7 nitrogen and oxygen atoms in total. The third-order valence-corrected chi connectivity index (χ3v) is 2.18. The molecule has 8 heteroatoms. The number of rotatable bonds is 3. The second kappa shape index (κ2) is 5.24. The summed E-state index contributed by atoms with van der Waals surface area (Å²) in [5, 5.41) is 21.8. The first kappa shape index (κ1) is 12.2. The third-order valence-electron chi connectivity index (χ3n) is 2.18. The summed E-state index contributed by atoms with van der Waals surface area (Å²) in [4.78, 5) is 2.47. The number of methoxy groups -OCH3 is 1. The van der Waals surface area contributed by atoms with Crippen molar-refractivity contribution in [2.24, 2.45) is 5.11 Å². The molecule has 1 fully saturated rings. The number of halogens is 1. The average molecular weight is 221 g/mol. The first-order valence-corrected chi connectivity index (χ1v) is 4.31. The van der Waals surface area contributed by atoms with Crippen molar-refractivity contribution in [2.45, 2.75) is 30.8 Å². The van der Waals surface area contributed by atoms with Crippen LogP contribution in [-0.4, -0.2) is 54.6 Å². The Morgan fingerprint density at radius 3 is 2.73 bits per heavy atom. The topological polar surface area (TPSA) is 108 Å². The second-order valence-corrected chi connectivity index (χ2v) is 3.12. The van der Waals surface area contributed by atoms with E-state index in [-0.39, 0.29) is 6.54 Å². The van der Waals surface area contributed by atoms with Crippen LogP contribution in [0.4, 0.5) is 4.39 Å². The first-order chi connectivity index (χ1) is 7.11. The van der Waals surface area contributed by atoms with Crippen LogP contribution in [0, 0.1) is 0 Å². The van der Waals surface area contributed by atoms with Gasteiger partial charge in [0.25, 0.3) is 0 Å². The molecule has 0 amide bonds. The maximum atomic E-state index is 13.3. The molecule has 1 aliphatic heterocycles. The van der Waals surface area contributed by atoms with Gasteiger partial charge in [-0.1, -0.05) is 5.11 Å². The molecule has 1 aliphatic rings. The van der Waals surface area contributed by atoms with Crippen LogP contribution in [-0.2, 0) is 9.47 Å². The minimum atomic E-state index is -1.89. The number of azide groups is 1. The van der Waals surface area contributed by atoms with E-state index in [0.717, 1.165) is 0 Å². The summed E-state index contributed by atoms with van der Waals surface area (Å²) < 4.78 is 23.0. The number of ether oxygens (including phenoxy) is 2. The summed E-state index contributed by atoms with van der Waals surface area (Å²) in [7, 11) is 1.24. The molecule has 0 saturated carbocycles. The molecule has 0 aromatic rings. The lowest BCUT2D eigenvalue weighted by molar-refractivity contribution is -0.275. The van der Waals surface area contributed by atoms with E-state index >= 15 is 0 Å². The summed E-state index contributed by atoms with van der Waals surface area (Å²) in [6.07, 6.45) is -7.14. The molecular formula is C7H12FN3O4. The predicted octanol–water partition coefficient (Wildman–Crippen LogP) is -0.272. The van der Waals surface area contributed by atoms with Gasteiger partial charge in [0.15, 0.2) is 12.5 Å². The summed E-state index contributed by atoms with van der Waals surface area (Å²) >= 11 is 0. The van der Waals surface area contributed by atoms with E-state index in [1.54, 1.807) is 0 Å². The van der Waals surface area contributed by atoms with Crippen molar-refractivity contribution in [1.82, 2.24) is 0 Å². The molecule has 0 radical (unpaired) electrons. The highest BCUT2D eigenvalue weighted by Gasteiger charge is 2.44. The van der Waals surface area contributed by atoms with E-state index < -0.39 is 30.8 Å². The van der Waals surface area contributed by atoms with Crippen molar-refractivity contribution in [3.63, 3.8) is 0 Å². The van der Waals surface area contributed by atoms with Crippen LogP contribution < -0.4 is 0 Å². The number of hydrogen-bond donors (Lipinski definition) is 2. The molecule has 0 spiro atoms. The Bertz CT molecular complexity index is 259. The molecule has 0 aromatic heterocycles. The van der Waals surface area contributed by atoms with Crippen LogP contribution in [0.2, 0.25) is 0 Å². The Morgan fingerprint density at radius 2 is 2.20 bits per heavy atom. The van der Waals surface area contributed by atoms with E-state index in [9.17, 15) is 14.6 Å². The molecule has 1 saturated heterocycles. The van der Waals surface area contributed by atoms with Gasteiger partial charge in [0.05, 0.1) is 12.6 Å². The molecule has 1 heterocycles. The standard InChI is InChI=1S/C7H12FN3O4/c1-14-7-6(13)4(8)5(12)3(15-7)2-10-11-9/h3-7,12-13H,2H2,1H3/t3-,4-,5-,6-,7-/m1/s1. The van der Waals surface area contributed by atoms with Gasteiger partial charge in [-0.2, -0.15) is 0 Å². The lowest BCUT2D eigenvalue weighted by atomic mass is 10.0. The highest BCUT2D eigenvalue weighted by Crippen LogP contribution is 2.24. The summed E-state index contributed by atoms with van der Waals surface area (Å²) in [6, 6.07) is 0. The minimum Gasteiger partial charge on any atom is -0.387 e. The van der Waals surface area contributed by atoms with E-state index in [1.807, 2.05) is 0 Å². The van der Waals surface area contributed by atoms with E-state index in [4.69, 9.17) is 10.3 Å². The Labute approximate surface area is 85.0 Å². The van der Waals surface area contributed by atoms with Crippen LogP contribution in [0.15, 0.2) is 5.11 Å². The van der Waals surface area contributed by atoms with Crippen LogP contribution in [0.3, 0.4) is 0 Å². The fourth-order valence-corrected chi connectivity index (χ4v) is 1.35. The molecule has 0 unspecified atom stereocenters. The van der Waals surface area contributed by atoms with Gasteiger partial charge in [0.1, 0.15) is 12.2 Å². The van der Waals surface area contributed by atoms with Crippen molar-refractivity contribution in [2.75, 3.05) is 13.7 Å². The zero-order chi connectivity index (χ0) is 11.4. The molecule has 2 N–H and O–H groups in total. The number of aliphatic hydroxyl groups is 2. The normalized spacial score (nSPS) is 40.9. The van der Waals surface area contributed by atoms with Gasteiger partial charge in [0, 0.05) is 12.0 Å². The SMILES string of the molecule is CO[C@@H]1O[C@H](CN=[N+]=[N-])[C@@H](O)[C@@H](F)[C@H]1O. The van der Waals surface area contributed by atoms with Crippen LogP contribution in [0.5, 0.6) is 0 Å². The van der Waals surface area contributed by atoms with Crippen molar-refractivity contribution in [1.29, 1.82) is 0 Å². The number of nitrogens with zero attached hydrogens (tertiary/aromatic N) is 3. The summed E-state index contributed by atoms with van der Waals surface area (Å²) in [5.41, 5.74) is 8.07. The van der Waals surface area contributed by atoms with E-state index in [1.165, 1.54) is 7.11 Å². The molecule has 0 aromatic carbocycles. The van der Waals surface area contributed by atoms with Gasteiger partial charge < -0.3 is 19.7 Å². The zero-order valence-corrected chi connectivity index (χ0v) is 8.02. The van der Waals surface area contributed by atoms with Crippen molar-refractivity contribution < 1.29 is 24.1 Å². The molecule has 1 rings (SSSR count). The Hall–Kier alpha value is -0.920. The van der Waals surface area contributed by atoms with Gasteiger partial charge in [-0.05, 0) is 5.53 Å². The van der Waals surface area contributed by atoms with E-state index in [2.05, 4.69) is 14.8 Å². The monoisotopic (exact) mass is 221 g/mol. The Morgan fingerprint density at radius 1 is 1.53 bits per heavy atom. The van der Waals surface area contributed by atoms with Crippen LogP contribution >= 0.6 is 0 Å². The molecule has 0 bridgehead atoms. The smallest absolute Gasteiger partial charge is 0.186 e. The van der Waals surface area contributed by atoms with Gasteiger partial charge >= 0.3 is 0 Å². The quantitative estimate of drug-likeness (QED) is 0.388. The van der Waals surface area contributed by atoms with Crippen molar-refractivity contribution >= 4 is 0 Å². The molecule has 5 atom stereocenters. The third kappa shape index (κ3) is 2.55. The van der Waals surface area contributed by atoms with Crippen molar-refractivity contribution in [3.8, 4) is 0 Å². The van der Waals surface area contributed by atoms with Crippen molar-refractivity contribution in [3.05, 3.63) is 10.4 Å². The van der Waals surface area contributed by atoms with Gasteiger partial charge in [-0.25, -0.2) is 4.39 Å². The average Bonchev–Trinajstić information content (AvgIpc) is 2.25. The van der Waals surface area contributed by atoms with E-state index in [0.29, 0.717) is 0 Å². The zero-order valence-electron chi connectivity index (χ0n) is 8.02. The molecular weight excluding hydrogens is 209 g/mol. The lowest BCUT2D eigenvalue weighted by Crippen LogP contribution is -2.57. The van der Waals surface area contributed by atoms with Gasteiger partial charge in [0.2, 0.25) is 0 Å². The first-order valence-electron chi connectivity index (χ1n) is 4.31. The number of hydrogen-bond acceptors (Lipinski definition) is 5. The lowest BCUT2D eigenvalue weighted by Gasteiger charge is -2.38. The molecule has 0 aliphatic carbocycles. The maximum Gasteiger partial charge on any atom is 0.186 e. The Kier molecular flexibility index (Phi) is 4.25.